The van der Waals surface area contributed by atoms with Crippen LogP contribution in [0.5, 0.6) is 0 Å². The third kappa shape index (κ3) is 3.30. The maximum atomic E-state index is 10.6. The Hall–Kier alpha value is -2.02. The lowest BCUT2D eigenvalue weighted by Crippen LogP contribution is -2.12. The van der Waals surface area contributed by atoms with Gasteiger partial charge in [-0.05, 0) is 24.3 Å². The molecule has 2 aromatic rings. The molecule has 1 aromatic carbocycles. The lowest BCUT2D eigenvalue weighted by molar-refractivity contribution is -0.402. The predicted octanol–water partition coefficient (Wildman–Crippen LogP) is 3.63. The third-order valence-electron chi connectivity index (χ3n) is 2.72. The highest BCUT2D eigenvalue weighted by Gasteiger charge is 2.12. The predicted molar refractivity (Wildman–Crippen MR) is 81.2 cm³/mol. The minimum Gasteiger partial charge on any atom is -0.404 e. The van der Waals surface area contributed by atoms with Gasteiger partial charge in [0.15, 0.2) is 0 Å². The first-order valence-electron chi connectivity index (χ1n) is 5.91. The molecule has 0 amide bonds. The number of rotatable bonds is 5. The van der Waals surface area contributed by atoms with Gasteiger partial charge in [-0.3, -0.25) is 10.1 Å². The van der Waals surface area contributed by atoms with E-state index >= 15 is 0 Å². The summed E-state index contributed by atoms with van der Waals surface area (Å²) in [5.41, 5.74) is 1.94. The molecular weight excluding hydrogens is 326 g/mol. The molecule has 6 nitrogen and oxygen atoms in total. The minimum absolute atomic E-state index is 0.246. The summed E-state index contributed by atoms with van der Waals surface area (Å²) in [5, 5.41) is 13.8. The van der Waals surface area contributed by atoms with Crippen molar-refractivity contribution in [2.45, 2.75) is 6.54 Å². The van der Waals surface area contributed by atoms with Gasteiger partial charge in [0.1, 0.15) is 10.7 Å². The van der Waals surface area contributed by atoms with Crippen molar-refractivity contribution < 1.29 is 9.34 Å². The van der Waals surface area contributed by atoms with Crippen LogP contribution in [0.25, 0.3) is 0 Å². The van der Waals surface area contributed by atoms with Gasteiger partial charge in [0.05, 0.1) is 24.0 Å². The van der Waals surface area contributed by atoms with Crippen molar-refractivity contribution in [2.24, 2.45) is 0 Å². The second-order valence-electron chi connectivity index (χ2n) is 4.41. The summed E-state index contributed by atoms with van der Waals surface area (Å²) in [6.07, 6.45) is 0. The van der Waals surface area contributed by atoms with Crippen molar-refractivity contribution in [2.75, 3.05) is 24.3 Å². The maximum Gasteiger partial charge on any atom is 0.433 e. The highest BCUT2D eigenvalue weighted by molar-refractivity contribution is 9.10. The molecule has 0 fully saturated rings. The zero-order valence-electron chi connectivity index (χ0n) is 11.1. The molecule has 2 rings (SSSR count). The highest BCUT2D eigenvalue weighted by atomic mass is 79.9. The van der Waals surface area contributed by atoms with Crippen LogP contribution in [0.2, 0.25) is 0 Å². The number of anilines is 2. The van der Waals surface area contributed by atoms with Crippen molar-refractivity contribution in [3.05, 3.63) is 50.7 Å². The quantitative estimate of drug-likeness (QED) is 0.665. The maximum absolute atomic E-state index is 10.6. The Morgan fingerprint density at radius 1 is 1.35 bits per heavy atom. The second-order valence-corrected chi connectivity index (χ2v) is 5.32. The molecule has 1 heterocycles. The minimum atomic E-state index is -0.548. The molecule has 0 aliphatic carbocycles. The first kappa shape index (κ1) is 14.4. The van der Waals surface area contributed by atoms with E-state index in [4.69, 9.17) is 4.42 Å². The van der Waals surface area contributed by atoms with Gasteiger partial charge in [-0.1, -0.05) is 15.9 Å². The van der Waals surface area contributed by atoms with Crippen LogP contribution in [0, 0.1) is 10.1 Å². The summed E-state index contributed by atoms with van der Waals surface area (Å²) in [6, 6.07) is 8.84. The summed E-state index contributed by atoms with van der Waals surface area (Å²) in [7, 11) is 3.90. The lowest BCUT2D eigenvalue weighted by Gasteiger charge is -2.18. The number of nitrogens with zero attached hydrogens (tertiary/aromatic N) is 2. The number of nitrogens with one attached hydrogen (secondary N) is 1. The van der Waals surface area contributed by atoms with Crippen LogP contribution < -0.4 is 10.2 Å². The smallest absolute Gasteiger partial charge is 0.404 e. The Morgan fingerprint density at radius 2 is 2.10 bits per heavy atom. The van der Waals surface area contributed by atoms with Crippen molar-refractivity contribution in [3.8, 4) is 0 Å². The second kappa shape index (κ2) is 5.96. The van der Waals surface area contributed by atoms with Gasteiger partial charge < -0.3 is 14.6 Å². The average Bonchev–Trinajstić information content (AvgIpc) is 2.85. The van der Waals surface area contributed by atoms with Crippen molar-refractivity contribution in [1.29, 1.82) is 0 Å². The molecule has 20 heavy (non-hydrogen) atoms. The van der Waals surface area contributed by atoms with E-state index in [9.17, 15) is 10.1 Å². The number of hydrogen-bond acceptors (Lipinski definition) is 5. The number of hydrogen-bond donors (Lipinski definition) is 1. The number of nitro groups is 1. The third-order valence-corrected chi connectivity index (χ3v) is 3.21. The molecule has 0 bridgehead atoms. The SMILES string of the molecule is CN(C)c1ccc(Br)cc1NCc1ccc([N+](=O)[O-])o1. The van der Waals surface area contributed by atoms with E-state index < -0.39 is 4.92 Å². The van der Waals surface area contributed by atoms with Crippen molar-refractivity contribution >= 4 is 33.2 Å². The normalized spacial score (nSPS) is 10.3. The molecule has 0 unspecified atom stereocenters. The summed E-state index contributed by atoms with van der Waals surface area (Å²) >= 11 is 3.42. The molecule has 7 heteroatoms. The fraction of sp³-hybridized carbons (Fsp3) is 0.231. The Labute approximate surface area is 124 Å². The monoisotopic (exact) mass is 339 g/mol. The van der Waals surface area contributed by atoms with E-state index in [-0.39, 0.29) is 5.88 Å². The average molecular weight is 340 g/mol. The number of halogens is 1. The molecule has 1 aromatic heterocycles. The van der Waals surface area contributed by atoms with Gasteiger partial charge in [-0.25, -0.2) is 0 Å². The van der Waals surface area contributed by atoms with Gasteiger partial charge in [-0.2, -0.15) is 0 Å². The summed E-state index contributed by atoms with van der Waals surface area (Å²) in [5.74, 6) is 0.269. The van der Waals surface area contributed by atoms with E-state index in [1.807, 2.05) is 37.2 Å². The van der Waals surface area contributed by atoms with Crippen LogP contribution in [0.15, 0.2) is 39.2 Å². The van der Waals surface area contributed by atoms with Crippen LogP contribution in [0.3, 0.4) is 0 Å². The summed E-state index contributed by atoms with van der Waals surface area (Å²) in [4.78, 5) is 12.0. The molecule has 1 N–H and O–H groups in total. The highest BCUT2D eigenvalue weighted by Crippen LogP contribution is 2.28. The molecule has 0 aliphatic heterocycles. The molecule has 0 spiro atoms. The van der Waals surface area contributed by atoms with Gasteiger partial charge in [0, 0.05) is 18.6 Å². The first-order chi connectivity index (χ1) is 9.47. The van der Waals surface area contributed by atoms with Gasteiger partial charge in [0.25, 0.3) is 0 Å². The van der Waals surface area contributed by atoms with E-state index in [2.05, 4.69) is 21.2 Å². The van der Waals surface area contributed by atoms with E-state index in [1.54, 1.807) is 6.07 Å². The van der Waals surface area contributed by atoms with Crippen molar-refractivity contribution in [1.82, 2.24) is 0 Å². The summed E-state index contributed by atoms with van der Waals surface area (Å²) < 4.78 is 6.07. The van der Waals surface area contributed by atoms with E-state index in [1.165, 1.54) is 6.07 Å². The van der Waals surface area contributed by atoms with Crippen LogP contribution in [-0.2, 0) is 6.54 Å². The van der Waals surface area contributed by atoms with Gasteiger partial charge >= 0.3 is 5.88 Å². The van der Waals surface area contributed by atoms with E-state index in [0.29, 0.717) is 12.3 Å². The van der Waals surface area contributed by atoms with Crippen molar-refractivity contribution in [3.63, 3.8) is 0 Å². The molecule has 0 radical (unpaired) electrons. The van der Waals surface area contributed by atoms with Crippen LogP contribution >= 0.6 is 15.9 Å². The summed E-state index contributed by atoms with van der Waals surface area (Å²) in [6.45, 7) is 0.380. The molecule has 0 saturated heterocycles. The molecule has 0 saturated carbocycles. The molecule has 0 atom stereocenters. The Morgan fingerprint density at radius 3 is 2.70 bits per heavy atom. The standard InChI is InChI=1S/C13H14BrN3O3/c1-16(2)12-5-3-9(14)7-11(12)15-8-10-4-6-13(20-10)17(18)19/h3-7,15H,8H2,1-2H3. The zero-order chi connectivity index (χ0) is 14.7. The Bertz CT molecular complexity index is 625. The van der Waals surface area contributed by atoms with Crippen LogP contribution in [0.4, 0.5) is 17.3 Å². The van der Waals surface area contributed by atoms with Gasteiger partial charge in [0.2, 0.25) is 0 Å². The largest absolute Gasteiger partial charge is 0.433 e. The van der Waals surface area contributed by atoms with Crippen LogP contribution in [-0.4, -0.2) is 19.0 Å². The van der Waals surface area contributed by atoms with Crippen LogP contribution in [0.1, 0.15) is 5.76 Å². The Kier molecular flexibility index (Phi) is 4.29. The van der Waals surface area contributed by atoms with Gasteiger partial charge in [-0.15, -0.1) is 0 Å². The molecular formula is C13H14BrN3O3. The Balaban J connectivity index is 2.13. The fourth-order valence-corrected chi connectivity index (χ4v) is 2.14. The number of furan rings is 1. The first-order valence-corrected chi connectivity index (χ1v) is 6.70. The molecule has 0 aliphatic rings. The molecule has 106 valence electrons. The topological polar surface area (TPSA) is 71.5 Å². The number of benzene rings is 1. The zero-order valence-corrected chi connectivity index (χ0v) is 12.7. The van der Waals surface area contributed by atoms with E-state index in [0.717, 1.165) is 15.8 Å². The fourth-order valence-electron chi connectivity index (χ4n) is 1.78. The lowest BCUT2D eigenvalue weighted by atomic mass is 10.2.